The normalized spacial score (nSPS) is 22.2. The van der Waals surface area contributed by atoms with Crippen molar-refractivity contribution in [2.45, 2.75) is 38.8 Å². The molecule has 8 heteroatoms. The van der Waals surface area contributed by atoms with E-state index in [4.69, 9.17) is 9.47 Å². The van der Waals surface area contributed by atoms with Gasteiger partial charge < -0.3 is 19.7 Å². The van der Waals surface area contributed by atoms with Crippen molar-refractivity contribution < 1.29 is 19.1 Å². The molecule has 3 heterocycles. The van der Waals surface area contributed by atoms with Gasteiger partial charge in [-0.2, -0.15) is 0 Å². The number of ether oxygens (including phenoxy) is 2. The molecule has 1 atom stereocenters. The van der Waals surface area contributed by atoms with E-state index in [9.17, 15) is 9.59 Å². The number of likely N-dealkylation sites (tertiary alicyclic amines) is 1. The first-order valence-corrected chi connectivity index (χ1v) is 11.0. The van der Waals surface area contributed by atoms with Crippen molar-refractivity contribution >= 4 is 11.8 Å². The predicted octanol–water partition coefficient (Wildman–Crippen LogP) is 1.05. The van der Waals surface area contributed by atoms with E-state index in [0.717, 1.165) is 70.2 Å². The van der Waals surface area contributed by atoms with E-state index in [1.807, 2.05) is 11.0 Å². The van der Waals surface area contributed by atoms with Crippen LogP contribution in [0.15, 0.2) is 18.2 Å². The van der Waals surface area contributed by atoms with Gasteiger partial charge in [-0.15, -0.1) is 0 Å². The molecule has 8 nitrogen and oxygen atoms in total. The molecule has 30 heavy (non-hydrogen) atoms. The van der Waals surface area contributed by atoms with Gasteiger partial charge in [0.05, 0.1) is 0 Å². The third-order valence-electron chi connectivity index (χ3n) is 6.23. The fraction of sp³-hybridized carbons (Fsp3) is 0.636. The van der Waals surface area contributed by atoms with Crippen LogP contribution in [0, 0.1) is 0 Å². The lowest BCUT2D eigenvalue weighted by molar-refractivity contribution is -0.133. The predicted molar refractivity (Wildman–Crippen MR) is 112 cm³/mol. The lowest BCUT2D eigenvalue weighted by atomic mass is 10.0. The minimum atomic E-state index is -0.0852. The molecule has 1 aromatic rings. The first-order chi connectivity index (χ1) is 14.6. The third-order valence-corrected chi connectivity index (χ3v) is 6.23. The Bertz CT molecular complexity index is 764. The highest BCUT2D eigenvalue weighted by atomic mass is 16.7. The van der Waals surface area contributed by atoms with E-state index < -0.39 is 0 Å². The Morgan fingerprint density at radius 2 is 1.90 bits per heavy atom. The van der Waals surface area contributed by atoms with Crippen LogP contribution in [0.4, 0.5) is 0 Å². The zero-order chi connectivity index (χ0) is 20.9. The smallest absolute Gasteiger partial charge is 0.231 e. The molecule has 0 spiro atoms. The molecule has 164 valence electrons. The van der Waals surface area contributed by atoms with Crippen molar-refractivity contribution in [2.75, 3.05) is 52.6 Å². The number of nitrogens with zero attached hydrogens (tertiary/aromatic N) is 3. The second-order valence-corrected chi connectivity index (χ2v) is 8.37. The van der Waals surface area contributed by atoms with Gasteiger partial charge in [0.2, 0.25) is 18.6 Å². The van der Waals surface area contributed by atoms with E-state index in [1.165, 1.54) is 12.5 Å². The summed E-state index contributed by atoms with van der Waals surface area (Å²) in [4.78, 5) is 30.5. The first-order valence-electron chi connectivity index (χ1n) is 11.0. The molecule has 0 aliphatic carbocycles. The monoisotopic (exact) mass is 416 g/mol. The second-order valence-electron chi connectivity index (χ2n) is 8.37. The van der Waals surface area contributed by atoms with Gasteiger partial charge in [0, 0.05) is 71.7 Å². The Hall–Kier alpha value is -2.32. The van der Waals surface area contributed by atoms with Crippen LogP contribution in [0.5, 0.6) is 11.5 Å². The summed E-state index contributed by atoms with van der Waals surface area (Å²) in [6, 6.07) is 6.63. The van der Waals surface area contributed by atoms with Crippen LogP contribution >= 0.6 is 0 Å². The number of piperazine rings is 1. The standard InChI is InChI=1S/C22H32N4O4/c1-17(27)23-7-6-22(28)26-8-2-3-19(15-26)25-11-9-24(10-12-25)14-18-4-5-20-21(13-18)30-16-29-20/h4-5,13,19H,2-3,6-12,14-16H2,1H3,(H,23,27). The number of carbonyl (C=O) groups excluding carboxylic acids is 2. The number of benzene rings is 1. The van der Waals surface area contributed by atoms with Gasteiger partial charge in [-0.05, 0) is 30.5 Å². The Labute approximate surface area is 178 Å². The summed E-state index contributed by atoms with van der Waals surface area (Å²) in [7, 11) is 0. The number of piperidine rings is 1. The summed E-state index contributed by atoms with van der Waals surface area (Å²) in [5.74, 6) is 1.74. The molecule has 4 rings (SSSR count). The number of amides is 2. The van der Waals surface area contributed by atoms with E-state index in [2.05, 4.69) is 27.2 Å². The van der Waals surface area contributed by atoms with Crippen LogP contribution in [0.25, 0.3) is 0 Å². The zero-order valence-corrected chi connectivity index (χ0v) is 17.8. The average Bonchev–Trinajstić information content (AvgIpc) is 3.22. The average molecular weight is 417 g/mol. The van der Waals surface area contributed by atoms with Crippen molar-refractivity contribution in [3.63, 3.8) is 0 Å². The number of nitrogens with one attached hydrogen (secondary N) is 1. The molecule has 1 unspecified atom stereocenters. The lowest BCUT2D eigenvalue weighted by Crippen LogP contribution is -2.55. The Kier molecular flexibility index (Phi) is 6.74. The largest absolute Gasteiger partial charge is 0.454 e. The van der Waals surface area contributed by atoms with Gasteiger partial charge in [-0.1, -0.05) is 6.07 Å². The van der Waals surface area contributed by atoms with Crippen LogP contribution in [-0.2, 0) is 16.1 Å². The molecule has 2 amide bonds. The van der Waals surface area contributed by atoms with Gasteiger partial charge in [-0.25, -0.2) is 0 Å². The summed E-state index contributed by atoms with van der Waals surface area (Å²) in [5.41, 5.74) is 1.25. The van der Waals surface area contributed by atoms with Crippen LogP contribution < -0.4 is 14.8 Å². The number of fused-ring (bicyclic) bond motifs is 1. The molecule has 2 saturated heterocycles. The van der Waals surface area contributed by atoms with Crippen LogP contribution in [0.1, 0.15) is 31.7 Å². The van der Waals surface area contributed by atoms with Crippen molar-refractivity contribution in [3.8, 4) is 11.5 Å². The number of hydrogen-bond acceptors (Lipinski definition) is 6. The molecule has 0 aromatic heterocycles. The zero-order valence-electron chi connectivity index (χ0n) is 17.8. The minimum absolute atomic E-state index is 0.0852. The van der Waals surface area contributed by atoms with Crippen molar-refractivity contribution in [1.82, 2.24) is 20.0 Å². The highest BCUT2D eigenvalue weighted by molar-refractivity contribution is 5.78. The maximum Gasteiger partial charge on any atom is 0.231 e. The fourth-order valence-electron chi connectivity index (χ4n) is 4.57. The minimum Gasteiger partial charge on any atom is -0.454 e. The molecule has 3 aliphatic heterocycles. The molecule has 1 N–H and O–H groups in total. The summed E-state index contributed by atoms with van der Waals surface area (Å²) in [6.45, 7) is 8.89. The number of hydrogen-bond donors (Lipinski definition) is 1. The summed E-state index contributed by atoms with van der Waals surface area (Å²) < 4.78 is 10.9. The van der Waals surface area contributed by atoms with Crippen LogP contribution in [0.2, 0.25) is 0 Å². The van der Waals surface area contributed by atoms with E-state index in [1.54, 1.807) is 0 Å². The molecular formula is C22H32N4O4. The highest BCUT2D eigenvalue weighted by Crippen LogP contribution is 2.33. The van der Waals surface area contributed by atoms with Crippen LogP contribution in [0.3, 0.4) is 0 Å². The molecule has 0 radical (unpaired) electrons. The van der Waals surface area contributed by atoms with Gasteiger partial charge in [0.15, 0.2) is 11.5 Å². The maximum atomic E-state index is 12.5. The Morgan fingerprint density at radius 3 is 2.70 bits per heavy atom. The first kappa shape index (κ1) is 20.9. The second kappa shape index (κ2) is 9.66. The Balaban J connectivity index is 1.22. The van der Waals surface area contributed by atoms with Gasteiger partial charge in [-0.3, -0.25) is 19.4 Å². The van der Waals surface area contributed by atoms with E-state index in [0.29, 0.717) is 25.8 Å². The maximum absolute atomic E-state index is 12.5. The van der Waals surface area contributed by atoms with Crippen LogP contribution in [-0.4, -0.2) is 85.2 Å². The van der Waals surface area contributed by atoms with E-state index in [-0.39, 0.29) is 11.8 Å². The SMILES string of the molecule is CC(=O)NCCC(=O)N1CCCC(N2CCN(Cc3ccc4c(c3)OCO4)CC2)C1. The third kappa shape index (κ3) is 5.23. The summed E-state index contributed by atoms with van der Waals surface area (Å²) in [6.07, 6.45) is 2.58. The van der Waals surface area contributed by atoms with Crippen molar-refractivity contribution in [1.29, 1.82) is 0 Å². The van der Waals surface area contributed by atoms with Crippen molar-refractivity contribution in [2.24, 2.45) is 0 Å². The Morgan fingerprint density at radius 1 is 1.10 bits per heavy atom. The molecular weight excluding hydrogens is 384 g/mol. The van der Waals surface area contributed by atoms with E-state index >= 15 is 0 Å². The fourth-order valence-corrected chi connectivity index (χ4v) is 4.57. The number of rotatable bonds is 6. The molecule has 1 aromatic carbocycles. The summed E-state index contributed by atoms with van der Waals surface area (Å²) in [5, 5.41) is 2.71. The highest BCUT2D eigenvalue weighted by Gasteiger charge is 2.30. The number of carbonyl (C=O) groups is 2. The molecule has 0 bridgehead atoms. The van der Waals surface area contributed by atoms with Gasteiger partial charge in [0.25, 0.3) is 0 Å². The van der Waals surface area contributed by atoms with Gasteiger partial charge in [0.1, 0.15) is 0 Å². The molecule has 2 fully saturated rings. The molecule has 0 saturated carbocycles. The van der Waals surface area contributed by atoms with Gasteiger partial charge >= 0.3 is 0 Å². The topological polar surface area (TPSA) is 74.4 Å². The quantitative estimate of drug-likeness (QED) is 0.747. The molecule has 3 aliphatic rings. The summed E-state index contributed by atoms with van der Waals surface area (Å²) >= 11 is 0. The lowest BCUT2D eigenvalue weighted by Gasteiger charge is -2.43. The van der Waals surface area contributed by atoms with Crippen molar-refractivity contribution in [3.05, 3.63) is 23.8 Å².